The summed E-state index contributed by atoms with van der Waals surface area (Å²) in [7, 11) is 4.48. The highest BCUT2D eigenvalue weighted by Gasteiger charge is 2.18. The molecular formula is C17H16N4O5. The van der Waals surface area contributed by atoms with Crippen molar-refractivity contribution in [1.82, 2.24) is 15.2 Å². The number of aromatic nitrogens is 3. The van der Waals surface area contributed by atoms with Crippen molar-refractivity contribution < 1.29 is 19.1 Å². The molecule has 0 aliphatic carbocycles. The molecule has 0 unspecified atom stereocenters. The van der Waals surface area contributed by atoms with Crippen LogP contribution in [-0.4, -0.2) is 41.4 Å². The predicted octanol–water partition coefficient (Wildman–Crippen LogP) is 3.07. The molecule has 3 aromatic rings. The highest BCUT2D eigenvalue weighted by atomic mass is 16.6. The normalized spacial score (nSPS) is 10.4. The molecule has 0 aliphatic rings. The number of hydrogen-bond acceptors (Lipinski definition) is 7. The van der Waals surface area contributed by atoms with Crippen LogP contribution in [0.3, 0.4) is 0 Å². The second-order valence-corrected chi connectivity index (χ2v) is 5.22. The molecule has 0 atom stereocenters. The molecule has 9 heteroatoms. The van der Waals surface area contributed by atoms with Crippen molar-refractivity contribution in [3.63, 3.8) is 0 Å². The molecule has 0 fully saturated rings. The lowest BCUT2D eigenvalue weighted by atomic mass is 10.1. The van der Waals surface area contributed by atoms with E-state index in [1.807, 2.05) is 6.07 Å². The summed E-state index contributed by atoms with van der Waals surface area (Å²) < 4.78 is 15.5. The van der Waals surface area contributed by atoms with E-state index in [1.165, 1.54) is 19.2 Å². The highest BCUT2D eigenvalue weighted by molar-refractivity contribution is 5.67. The summed E-state index contributed by atoms with van der Waals surface area (Å²) in [5.41, 5.74) is 1.09. The van der Waals surface area contributed by atoms with Gasteiger partial charge in [0, 0.05) is 17.2 Å². The van der Waals surface area contributed by atoms with Gasteiger partial charge in [-0.05, 0) is 30.3 Å². The van der Waals surface area contributed by atoms with Gasteiger partial charge in [0.1, 0.15) is 0 Å². The summed E-state index contributed by atoms with van der Waals surface area (Å²) in [5, 5.41) is 18.1. The number of aromatic amines is 1. The first kappa shape index (κ1) is 17.2. The van der Waals surface area contributed by atoms with Gasteiger partial charge in [0.2, 0.25) is 0 Å². The van der Waals surface area contributed by atoms with Crippen LogP contribution in [0.2, 0.25) is 0 Å². The van der Waals surface area contributed by atoms with Crippen LogP contribution in [0.1, 0.15) is 0 Å². The first-order chi connectivity index (χ1) is 12.6. The molecule has 1 N–H and O–H groups in total. The lowest BCUT2D eigenvalue weighted by Crippen LogP contribution is -1.94. The molecule has 0 spiro atoms. The van der Waals surface area contributed by atoms with Gasteiger partial charge in [-0.25, -0.2) is 4.98 Å². The van der Waals surface area contributed by atoms with E-state index in [1.54, 1.807) is 32.4 Å². The maximum Gasteiger partial charge on any atom is 0.311 e. The van der Waals surface area contributed by atoms with E-state index in [0.29, 0.717) is 28.7 Å². The topological polar surface area (TPSA) is 112 Å². The van der Waals surface area contributed by atoms with Crippen LogP contribution in [0.15, 0.2) is 36.4 Å². The van der Waals surface area contributed by atoms with Gasteiger partial charge in [0.25, 0.3) is 0 Å². The largest absolute Gasteiger partial charge is 0.493 e. The van der Waals surface area contributed by atoms with Crippen LogP contribution >= 0.6 is 0 Å². The Morgan fingerprint density at radius 1 is 0.923 bits per heavy atom. The van der Waals surface area contributed by atoms with Gasteiger partial charge in [0.15, 0.2) is 28.9 Å². The fraction of sp³-hybridized carbons (Fsp3) is 0.176. The van der Waals surface area contributed by atoms with Crippen LogP contribution in [0.25, 0.3) is 22.8 Å². The minimum Gasteiger partial charge on any atom is -0.493 e. The summed E-state index contributed by atoms with van der Waals surface area (Å²) in [6.45, 7) is 0. The quantitative estimate of drug-likeness (QED) is 0.533. The van der Waals surface area contributed by atoms with Gasteiger partial charge in [-0.2, -0.15) is 5.10 Å². The molecule has 2 aromatic carbocycles. The Hall–Kier alpha value is -3.62. The zero-order valence-electron chi connectivity index (χ0n) is 14.3. The lowest BCUT2D eigenvalue weighted by Gasteiger charge is -2.07. The van der Waals surface area contributed by atoms with E-state index in [4.69, 9.17) is 14.2 Å². The van der Waals surface area contributed by atoms with Crippen molar-refractivity contribution in [3.05, 3.63) is 46.5 Å². The molecule has 0 saturated carbocycles. The summed E-state index contributed by atoms with van der Waals surface area (Å²) in [6, 6.07) is 9.88. The Labute approximate surface area is 148 Å². The van der Waals surface area contributed by atoms with Crippen molar-refractivity contribution in [2.45, 2.75) is 0 Å². The molecule has 0 saturated heterocycles. The fourth-order valence-electron chi connectivity index (χ4n) is 2.48. The van der Waals surface area contributed by atoms with Crippen LogP contribution in [0.4, 0.5) is 5.69 Å². The minimum absolute atomic E-state index is 0.150. The Morgan fingerprint density at radius 2 is 1.58 bits per heavy atom. The van der Waals surface area contributed by atoms with Crippen molar-refractivity contribution >= 4 is 5.69 Å². The zero-order valence-corrected chi connectivity index (χ0v) is 14.3. The van der Waals surface area contributed by atoms with Gasteiger partial charge < -0.3 is 14.2 Å². The number of H-pyrrole nitrogens is 1. The second-order valence-electron chi connectivity index (χ2n) is 5.22. The van der Waals surface area contributed by atoms with Crippen molar-refractivity contribution in [2.24, 2.45) is 0 Å². The van der Waals surface area contributed by atoms with Gasteiger partial charge in [-0.3, -0.25) is 15.2 Å². The Kier molecular flexibility index (Phi) is 4.70. The molecule has 134 valence electrons. The van der Waals surface area contributed by atoms with E-state index in [0.717, 1.165) is 5.56 Å². The van der Waals surface area contributed by atoms with Crippen LogP contribution in [0, 0.1) is 10.1 Å². The van der Waals surface area contributed by atoms with Crippen molar-refractivity contribution in [1.29, 1.82) is 0 Å². The number of benzene rings is 2. The number of hydrogen-bond donors (Lipinski definition) is 1. The number of nitrogens with one attached hydrogen (secondary N) is 1. The number of nitrogens with zero attached hydrogens (tertiary/aromatic N) is 3. The number of ether oxygens (including phenoxy) is 3. The van der Waals surface area contributed by atoms with E-state index < -0.39 is 4.92 Å². The van der Waals surface area contributed by atoms with Gasteiger partial charge in [0.05, 0.1) is 26.3 Å². The molecular weight excluding hydrogens is 340 g/mol. The molecule has 0 amide bonds. The number of rotatable bonds is 6. The summed E-state index contributed by atoms with van der Waals surface area (Å²) in [5.74, 6) is 2.17. The SMILES string of the molecule is COc1ccc(-c2nc(-c3ccc(OC)c([N+](=O)[O-])c3)n[nH]2)cc1OC. The Bertz CT molecular complexity index is 954. The van der Waals surface area contributed by atoms with Crippen molar-refractivity contribution in [3.8, 4) is 40.0 Å². The third-order valence-corrected chi connectivity index (χ3v) is 3.78. The van der Waals surface area contributed by atoms with Crippen LogP contribution in [-0.2, 0) is 0 Å². The monoisotopic (exact) mass is 356 g/mol. The molecule has 0 radical (unpaired) electrons. The number of nitro benzene ring substituents is 1. The van der Waals surface area contributed by atoms with Gasteiger partial charge >= 0.3 is 5.69 Å². The molecule has 1 aromatic heterocycles. The van der Waals surface area contributed by atoms with Crippen LogP contribution in [0.5, 0.6) is 17.2 Å². The molecule has 1 heterocycles. The molecule has 0 bridgehead atoms. The van der Waals surface area contributed by atoms with Crippen molar-refractivity contribution in [2.75, 3.05) is 21.3 Å². The summed E-state index contributed by atoms with van der Waals surface area (Å²) in [4.78, 5) is 15.1. The Morgan fingerprint density at radius 3 is 2.23 bits per heavy atom. The van der Waals surface area contributed by atoms with E-state index in [9.17, 15) is 10.1 Å². The van der Waals surface area contributed by atoms with E-state index >= 15 is 0 Å². The fourth-order valence-corrected chi connectivity index (χ4v) is 2.48. The molecule has 9 nitrogen and oxygen atoms in total. The first-order valence-corrected chi connectivity index (χ1v) is 7.55. The maximum atomic E-state index is 11.2. The maximum absolute atomic E-state index is 11.2. The zero-order chi connectivity index (χ0) is 18.7. The highest BCUT2D eigenvalue weighted by Crippen LogP contribution is 2.33. The molecule has 26 heavy (non-hydrogen) atoms. The van der Waals surface area contributed by atoms with Crippen LogP contribution < -0.4 is 14.2 Å². The molecule has 3 rings (SSSR count). The van der Waals surface area contributed by atoms with Gasteiger partial charge in [-0.1, -0.05) is 0 Å². The average molecular weight is 356 g/mol. The Balaban J connectivity index is 1.98. The van der Waals surface area contributed by atoms with E-state index in [-0.39, 0.29) is 11.4 Å². The lowest BCUT2D eigenvalue weighted by molar-refractivity contribution is -0.385. The summed E-state index contributed by atoms with van der Waals surface area (Å²) >= 11 is 0. The standard InChI is InChI=1S/C17H16N4O5/c1-24-13-6-4-10(8-12(13)21(22)23)16-18-17(20-19-16)11-5-7-14(25-2)15(9-11)26-3/h4-9H,1-3H3,(H,18,19,20). The van der Waals surface area contributed by atoms with E-state index in [2.05, 4.69) is 15.2 Å². The molecule has 0 aliphatic heterocycles. The number of methoxy groups -OCH3 is 3. The van der Waals surface area contributed by atoms with Gasteiger partial charge in [-0.15, -0.1) is 0 Å². The number of nitro groups is 1. The average Bonchev–Trinajstić information content (AvgIpc) is 3.17. The first-order valence-electron chi connectivity index (χ1n) is 7.55. The predicted molar refractivity (Wildman–Crippen MR) is 93.6 cm³/mol. The third kappa shape index (κ3) is 3.14. The minimum atomic E-state index is -0.510. The smallest absolute Gasteiger partial charge is 0.311 e. The summed E-state index contributed by atoms with van der Waals surface area (Å²) in [6.07, 6.45) is 0. The third-order valence-electron chi connectivity index (χ3n) is 3.78. The second kappa shape index (κ2) is 7.09.